The zero-order chi connectivity index (χ0) is 11.7. The van der Waals surface area contributed by atoms with E-state index < -0.39 is 0 Å². The van der Waals surface area contributed by atoms with Crippen LogP contribution in [0, 0.1) is 11.7 Å². The highest BCUT2D eigenvalue weighted by Crippen LogP contribution is 2.27. The minimum absolute atomic E-state index is 0.252. The first-order valence-electron chi connectivity index (χ1n) is 6.36. The molecule has 1 unspecified atom stereocenters. The molecule has 3 aliphatic rings. The van der Waals surface area contributed by atoms with Gasteiger partial charge >= 0.3 is 0 Å². The van der Waals surface area contributed by atoms with Crippen molar-refractivity contribution in [3.63, 3.8) is 0 Å². The van der Waals surface area contributed by atoms with Gasteiger partial charge in [-0.3, -0.25) is 4.98 Å². The monoisotopic (exact) mass is 235 g/mol. The molecule has 3 fully saturated rings. The third kappa shape index (κ3) is 2.48. The summed E-state index contributed by atoms with van der Waals surface area (Å²) in [6.45, 7) is 4.38. The van der Waals surface area contributed by atoms with Crippen LogP contribution in [0.5, 0.6) is 0 Å². The Labute approximate surface area is 101 Å². The number of rotatable bonds is 3. The van der Waals surface area contributed by atoms with Crippen LogP contribution in [0.3, 0.4) is 0 Å². The minimum Gasteiger partial charge on any atom is -0.308 e. The van der Waals surface area contributed by atoms with Crippen LogP contribution in [0.2, 0.25) is 0 Å². The van der Waals surface area contributed by atoms with Gasteiger partial charge in [-0.2, -0.15) is 0 Å². The molecule has 1 aromatic rings. The van der Waals surface area contributed by atoms with Gasteiger partial charge in [-0.15, -0.1) is 0 Å². The summed E-state index contributed by atoms with van der Waals surface area (Å²) in [5.41, 5.74) is 0.932. The Morgan fingerprint density at radius 1 is 1.35 bits per heavy atom. The molecule has 3 saturated heterocycles. The SMILES string of the molecule is Fc1cncc(CNC2CN3CCC2CC3)c1. The van der Waals surface area contributed by atoms with Crippen LogP contribution < -0.4 is 5.32 Å². The summed E-state index contributed by atoms with van der Waals surface area (Å²) in [6.07, 6.45) is 5.59. The number of pyridine rings is 1. The van der Waals surface area contributed by atoms with Crippen LogP contribution in [0.4, 0.5) is 4.39 Å². The van der Waals surface area contributed by atoms with E-state index >= 15 is 0 Å². The Kier molecular flexibility index (Phi) is 3.07. The van der Waals surface area contributed by atoms with Crippen LogP contribution in [0.1, 0.15) is 18.4 Å². The van der Waals surface area contributed by atoms with Crippen LogP contribution >= 0.6 is 0 Å². The molecule has 0 radical (unpaired) electrons. The first-order valence-corrected chi connectivity index (χ1v) is 6.36. The van der Waals surface area contributed by atoms with Crippen molar-refractivity contribution in [1.29, 1.82) is 0 Å². The van der Waals surface area contributed by atoms with Crippen molar-refractivity contribution in [3.05, 3.63) is 29.8 Å². The van der Waals surface area contributed by atoms with Gasteiger partial charge < -0.3 is 10.2 Å². The maximum Gasteiger partial charge on any atom is 0.141 e. The van der Waals surface area contributed by atoms with Gasteiger partial charge in [-0.25, -0.2) is 4.39 Å². The minimum atomic E-state index is -0.252. The lowest BCUT2D eigenvalue weighted by Crippen LogP contribution is -2.55. The largest absolute Gasteiger partial charge is 0.308 e. The van der Waals surface area contributed by atoms with Gasteiger partial charge in [0.2, 0.25) is 0 Å². The summed E-state index contributed by atoms with van der Waals surface area (Å²) in [7, 11) is 0. The molecule has 0 aromatic carbocycles. The standard InChI is InChI=1S/C13H18FN3/c14-12-5-10(6-15-8-12)7-16-13-9-17-3-1-11(13)2-4-17/h5-6,8,11,13,16H,1-4,7,9H2. The van der Waals surface area contributed by atoms with Crippen LogP contribution in [-0.2, 0) is 6.54 Å². The van der Waals surface area contributed by atoms with E-state index in [4.69, 9.17) is 0 Å². The van der Waals surface area contributed by atoms with Gasteiger partial charge in [0.1, 0.15) is 5.82 Å². The fourth-order valence-electron chi connectivity index (χ4n) is 3.00. The van der Waals surface area contributed by atoms with Gasteiger partial charge in [0.15, 0.2) is 0 Å². The third-order valence-corrected chi connectivity index (χ3v) is 3.99. The second-order valence-electron chi connectivity index (χ2n) is 5.14. The maximum atomic E-state index is 13.0. The molecule has 3 nitrogen and oxygen atoms in total. The molecule has 4 rings (SSSR count). The molecule has 4 heterocycles. The molecule has 1 aromatic heterocycles. The predicted molar refractivity (Wildman–Crippen MR) is 64.0 cm³/mol. The average Bonchev–Trinajstić information content (AvgIpc) is 2.38. The molecule has 2 bridgehead atoms. The first-order chi connectivity index (χ1) is 8.31. The summed E-state index contributed by atoms with van der Waals surface area (Å²) < 4.78 is 13.0. The zero-order valence-electron chi connectivity index (χ0n) is 9.90. The van der Waals surface area contributed by atoms with E-state index in [0.717, 1.165) is 24.6 Å². The Balaban J connectivity index is 1.57. The lowest BCUT2D eigenvalue weighted by molar-refractivity contribution is 0.0720. The molecule has 92 valence electrons. The van der Waals surface area contributed by atoms with Crippen molar-refractivity contribution in [3.8, 4) is 0 Å². The van der Waals surface area contributed by atoms with Crippen molar-refractivity contribution >= 4 is 0 Å². The molecule has 1 atom stereocenters. The van der Waals surface area contributed by atoms with Gasteiger partial charge in [-0.1, -0.05) is 0 Å². The number of hydrogen-bond donors (Lipinski definition) is 1. The summed E-state index contributed by atoms with van der Waals surface area (Å²) >= 11 is 0. The Morgan fingerprint density at radius 3 is 2.82 bits per heavy atom. The van der Waals surface area contributed by atoms with E-state index in [1.54, 1.807) is 12.3 Å². The van der Waals surface area contributed by atoms with Gasteiger partial charge in [-0.05, 0) is 43.5 Å². The number of hydrogen-bond acceptors (Lipinski definition) is 3. The molecular weight excluding hydrogens is 217 g/mol. The van der Waals surface area contributed by atoms with E-state index in [9.17, 15) is 4.39 Å². The fraction of sp³-hybridized carbons (Fsp3) is 0.615. The number of piperidine rings is 3. The molecular formula is C13H18FN3. The van der Waals surface area contributed by atoms with E-state index in [1.807, 2.05) is 0 Å². The second-order valence-corrected chi connectivity index (χ2v) is 5.14. The molecule has 1 N–H and O–H groups in total. The van der Waals surface area contributed by atoms with E-state index in [1.165, 1.54) is 32.1 Å². The van der Waals surface area contributed by atoms with Crippen molar-refractivity contribution in [2.45, 2.75) is 25.4 Å². The topological polar surface area (TPSA) is 28.2 Å². The number of fused-ring (bicyclic) bond motifs is 3. The highest BCUT2D eigenvalue weighted by Gasteiger charge is 2.33. The normalized spacial score (nSPS) is 31.7. The van der Waals surface area contributed by atoms with E-state index in [-0.39, 0.29) is 5.82 Å². The number of aromatic nitrogens is 1. The maximum absolute atomic E-state index is 13.0. The smallest absolute Gasteiger partial charge is 0.141 e. The van der Waals surface area contributed by atoms with Crippen molar-refractivity contribution in [2.24, 2.45) is 5.92 Å². The summed E-state index contributed by atoms with van der Waals surface area (Å²) in [5, 5.41) is 3.55. The average molecular weight is 235 g/mol. The molecule has 0 amide bonds. The molecule has 0 aliphatic carbocycles. The Morgan fingerprint density at radius 2 is 2.18 bits per heavy atom. The predicted octanol–water partition coefficient (Wildman–Crippen LogP) is 1.40. The van der Waals surface area contributed by atoms with Crippen LogP contribution in [0.15, 0.2) is 18.5 Å². The summed E-state index contributed by atoms with van der Waals surface area (Å²) in [5.74, 6) is 0.555. The number of nitrogens with zero attached hydrogens (tertiary/aromatic N) is 2. The fourth-order valence-corrected chi connectivity index (χ4v) is 3.00. The molecule has 3 aliphatic heterocycles. The van der Waals surface area contributed by atoms with Crippen LogP contribution in [0.25, 0.3) is 0 Å². The van der Waals surface area contributed by atoms with Gasteiger partial charge in [0.05, 0.1) is 6.20 Å². The van der Waals surface area contributed by atoms with E-state index in [0.29, 0.717) is 6.04 Å². The number of nitrogens with one attached hydrogen (secondary N) is 1. The van der Waals surface area contributed by atoms with Gasteiger partial charge in [0.25, 0.3) is 0 Å². The lowest BCUT2D eigenvalue weighted by atomic mass is 9.84. The van der Waals surface area contributed by atoms with Crippen molar-refractivity contribution in [1.82, 2.24) is 15.2 Å². The molecule has 17 heavy (non-hydrogen) atoms. The van der Waals surface area contributed by atoms with Crippen molar-refractivity contribution in [2.75, 3.05) is 19.6 Å². The quantitative estimate of drug-likeness (QED) is 0.858. The lowest BCUT2D eigenvalue weighted by Gasteiger charge is -2.45. The Bertz CT molecular complexity index is 388. The van der Waals surface area contributed by atoms with Crippen molar-refractivity contribution < 1.29 is 4.39 Å². The zero-order valence-corrected chi connectivity index (χ0v) is 9.90. The molecule has 4 heteroatoms. The van der Waals surface area contributed by atoms with E-state index in [2.05, 4.69) is 15.2 Å². The summed E-state index contributed by atoms with van der Waals surface area (Å²) in [4.78, 5) is 6.39. The van der Waals surface area contributed by atoms with Gasteiger partial charge in [0, 0.05) is 25.3 Å². The third-order valence-electron chi connectivity index (χ3n) is 3.99. The molecule has 0 spiro atoms. The summed E-state index contributed by atoms with van der Waals surface area (Å²) in [6, 6.07) is 2.13. The number of halogens is 1. The highest BCUT2D eigenvalue weighted by atomic mass is 19.1. The second kappa shape index (κ2) is 4.70. The van der Waals surface area contributed by atoms with Crippen LogP contribution in [-0.4, -0.2) is 35.6 Å². The first kappa shape index (κ1) is 11.1. The Hall–Kier alpha value is -1.00. The molecule has 0 saturated carbocycles. The highest BCUT2D eigenvalue weighted by molar-refractivity contribution is 5.10.